The molecule has 3 nitrogen and oxygen atoms in total. The van der Waals surface area contributed by atoms with Crippen molar-refractivity contribution in [1.82, 2.24) is 4.57 Å². The van der Waals surface area contributed by atoms with Gasteiger partial charge in [-0.3, -0.25) is 0 Å². The van der Waals surface area contributed by atoms with Crippen molar-refractivity contribution in [2.24, 2.45) is 0 Å². The topological polar surface area (TPSA) is 17.2 Å². The molecule has 176 valence electrons. The van der Waals surface area contributed by atoms with Crippen LogP contribution < -0.4 is 10.1 Å². The zero-order chi connectivity index (χ0) is 23.9. The number of methoxy groups -OCH3 is 1. The van der Waals surface area contributed by atoms with E-state index in [2.05, 4.69) is 97.5 Å². The molecule has 1 aliphatic rings. The number of unbranched alkanes of at least 4 members (excludes halogenated alkanes) is 2. The number of rotatable bonds is 8. The fraction of sp³-hybridized carbons (Fsp3) is 0.387. The van der Waals surface area contributed by atoms with Crippen LogP contribution in [0.15, 0.2) is 54.6 Å². The van der Waals surface area contributed by atoms with Gasteiger partial charge < -0.3 is 9.30 Å². The Labute approximate surface area is 203 Å². The molecule has 0 saturated heterocycles. The standard InChI is InChI=1S/C31H37N2O/c1-6-8-18-32-27-15-11-13-22-12-10-14-24(30(22)27)28(32)21-29-31(3,4)25-20-23(34-5)16-17-26(25)33(29)19-9-7-2/h10-17,20-21H,6-9,18-19H2,1-5H3/q+1. The van der Waals surface area contributed by atoms with E-state index in [0.717, 1.165) is 18.8 Å². The molecule has 0 bridgehead atoms. The van der Waals surface area contributed by atoms with Gasteiger partial charge in [-0.05, 0) is 43.9 Å². The van der Waals surface area contributed by atoms with Crippen molar-refractivity contribution in [3.05, 3.63) is 65.5 Å². The number of benzene rings is 3. The monoisotopic (exact) mass is 453 g/mol. The third-order valence-electron chi connectivity index (χ3n) is 7.58. The number of hydrogen-bond donors (Lipinski definition) is 0. The van der Waals surface area contributed by atoms with Crippen LogP contribution in [0.25, 0.3) is 27.8 Å². The van der Waals surface area contributed by atoms with E-state index in [-0.39, 0.29) is 5.41 Å². The van der Waals surface area contributed by atoms with Crippen LogP contribution in [0.1, 0.15) is 58.9 Å². The summed E-state index contributed by atoms with van der Waals surface area (Å²) >= 11 is 0. The number of aromatic nitrogens is 1. The smallest absolute Gasteiger partial charge is 0.210 e. The lowest BCUT2D eigenvalue weighted by Gasteiger charge is -2.16. The summed E-state index contributed by atoms with van der Waals surface area (Å²) in [6.45, 7) is 11.4. The molecule has 3 aromatic carbocycles. The zero-order valence-corrected chi connectivity index (χ0v) is 21.3. The highest BCUT2D eigenvalue weighted by Gasteiger charge is 2.44. The van der Waals surface area contributed by atoms with Gasteiger partial charge in [-0.15, -0.1) is 0 Å². The van der Waals surface area contributed by atoms with Crippen LogP contribution in [0.4, 0.5) is 5.69 Å². The molecule has 0 spiro atoms. The summed E-state index contributed by atoms with van der Waals surface area (Å²) in [6.07, 6.45) is 7.21. The largest absolute Gasteiger partial charge is 0.497 e. The van der Waals surface area contributed by atoms with E-state index in [1.165, 1.54) is 69.7 Å². The molecule has 0 unspecified atom stereocenters. The summed E-state index contributed by atoms with van der Waals surface area (Å²) in [7, 11) is 1.76. The summed E-state index contributed by atoms with van der Waals surface area (Å²) < 4.78 is 10.7. The molecule has 0 atom stereocenters. The van der Waals surface area contributed by atoms with Crippen LogP contribution in [-0.4, -0.2) is 28.5 Å². The van der Waals surface area contributed by atoms with Crippen LogP contribution in [-0.2, 0) is 12.0 Å². The van der Waals surface area contributed by atoms with Crippen LogP contribution >= 0.6 is 0 Å². The fourth-order valence-electron chi connectivity index (χ4n) is 5.68. The van der Waals surface area contributed by atoms with E-state index in [9.17, 15) is 0 Å². The van der Waals surface area contributed by atoms with Gasteiger partial charge in [0, 0.05) is 47.0 Å². The molecule has 0 radical (unpaired) electrons. The summed E-state index contributed by atoms with van der Waals surface area (Å²) in [5, 5.41) is 5.41. The maximum absolute atomic E-state index is 5.61. The quantitative estimate of drug-likeness (QED) is 0.263. The Morgan fingerprint density at radius 2 is 1.74 bits per heavy atom. The van der Waals surface area contributed by atoms with Gasteiger partial charge in [0.2, 0.25) is 5.69 Å². The van der Waals surface area contributed by atoms with Crippen molar-refractivity contribution in [3.63, 3.8) is 0 Å². The van der Waals surface area contributed by atoms with E-state index in [1.54, 1.807) is 7.11 Å². The molecule has 1 aliphatic heterocycles. The maximum Gasteiger partial charge on any atom is 0.210 e. The highest BCUT2D eigenvalue weighted by molar-refractivity contribution is 6.18. The lowest BCUT2D eigenvalue weighted by atomic mass is 9.81. The SMILES string of the molecule is CCCCn1/c(=C/C2=[N+](CCCC)c3ccc(OC)cc3C2(C)C)c2cccc3cccc1c32. The molecule has 0 fully saturated rings. The van der Waals surface area contributed by atoms with Crippen molar-refractivity contribution >= 4 is 39.2 Å². The van der Waals surface area contributed by atoms with Crippen LogP contribution in [0.3, 0.4) is 0 Å². The minimum atomic E-state index is -0.107. The Kier molecular flexibility index (Phi) is 5.97. The predicted molar refractivity (Wildman–Crippen MR) is 145 cm³/mol. The molecule has 4 aromatic rings. The lowest BCUT2D eigenvalue weighted by Crippen LogP contribution is -2.31. The molecule has 5 rings (SSSR count). The number of hydrogen-bond acceptors (Lipinski definition) is 1. The van der Waals surface area contributed by atoms with Crippen molar-refractivity contribution in [2.45, 2.75) is 65.3 Å². The van der Waals surface area contributed by atoms with Gasteiger partial charge in [0.15, 0.2) is 5.71 Å². The highest BCUT2D eigenvalue weighted by atomic mass is 16.5. The first kappa shape index (κ1) is 22.7. The van der Waals surface area contributed by atoms with Gasteiger partial charge in [0.25, 0.3) is 0 Å². The predicted octanol–water partition coefficient (Wildman–Crippen LogP) is 6.98. The summed E-state index contributed by atoms with van der Waals surface area (Å²) in [5.74, 6) is 0.929. The molecule has 0 aliphatic carbocycles. The zero-order valence-electron chi connectivity index (χ0n) is 21.3. The second-order valence-electron chi connectivity index (χ2n) is 10.1. The Bertz CT molecular complexity index is 1430. The molecule has 0 N–H and O–H groups in total. The first-order chi connectivity index (χ1) is 16.5. The lowest BCUT2D eigenvalue weighted by molar-refractivity contribution is -0.437. The minimum Gasteiger partial charge on any atom is -0.497 e. The molecule has 2 heterocycles. The Balaban J connectivity index is 1.82. The fourth-order valence-corrected chi connectivity index (χ4v) is 5.68. The average molecular weight is 454 g/mol. The van der Waals surface area contributed by atoms with E-state index >= 15 is 0 Å². The Morgan fingerprint density at radius 3 is 2.47 bits per heavy atom. The number of nitrogens with zero attached hydrogens (tertiary/aromatic N) is 2. The van der Waals surface area contributed by atoms with Crippen molar-refractivity contribution in [1.29, 1.82) is 0 Å². The summed E-state index contributed by atoms with van der Waals surface area (Å²) in [4.78, 5) is 0. The van der Waals surface area contributed by atoms with E-state index in [1.807, 2.05) is 0 Å². The molecule has 1 aromatic heterocycles. The average Bonchev–Trinajstić information content (AvgIpc) is 3.26. The Morgan fingerprint density at radius 1 is 0.971 bits per heavy atom. The third kappa shape index (κ3) is 3.53. The highest BCUT2D eigenvalue weighted by Crippen LogP contribution is 2.42. The van der Waals surface area contributed by atoms with Crippen molar-refractivity contribution < 1.29 is 9.31 Å². The van der Waals surface area contributed by atoms with Crippen LogP contribution in [0.2, 0.25) is 0 Å². The van der Waals surface area contributed by atoms with E-state index < -0.39 is 0 Å². The van der Waals surface area contributed by atoms with Crippen molar-refractivity contribution in [2.75, 3.05) is 13.7 Å². The third-order valence-corrected chi connectivity index (χ3v) is 7.58. The normalized spacial score (nSPS) is 15.6. The second-order valence-corrected chi connectivity index (χ2v) is 10.1. The van der Waals surface area contributed by atoms with E-state index in [4.69, 9.17) is 4.74 Å². The minimum absolute atomic E-state index is 0.107. The van der Waals surface area contributed by atoms with Crippen molar-refractivity contribution in [3.8, 4) is 5.75 Å². The molecular weight excluding hydrogens is 416 g/mol. The number of aryl methyl sites for hydroxylation is 1. The number of ether oxygens (including phenoxy) is 1. The first-order valence-corrected chi connectivity index (χ1v) is 12.9. The van der Waals surface area contributed by atoms with Crippen LogP contribution in [0.5, 0.6) is 5.75 Å². The maximum atomic E-state index is 5.61. The Hall–Kier alpha value is -3.07. The second kappa shape index (κ2) is 8.94. The van der Waals surface area contributed by atoms with Crippen LogP contribution in [0, 0.1) is 0 Å². The van der Waals surface area contributed by atoms with Gasteiger partial charge in [-0.2, -0.15) is 4.58 Å². The van der Waals surface area contributed by atoms with Gasteiger partial charge in [0.1, 0.15) is 12.3 Å². The molecule has 0 saturated carbocycles. The number of fused-ring (bicyclic) bond motifs is 1. The molecule has 34 heavy (non-hydrogen) atoms. The van der Waals surface area contributed by atoms with Gasteiger partial charge in [0.05, 0.1) is 17.9 Å². The summed E-state index contributed by atoms with van der Waals surface area (Å²) in [6, 6.07) is 20.1. The van der Waals surface area contributed by atoms with Gasteiger partial charge in [-0.25, -0.2) is 0 Å². The first-order valence-electron chi connectivity index (χ1n) is 12.9. The van der Waals surface area contributed by atoms with E-state index in [0.29, 0.717) is 0 Å². The molecule has 3 heteroatoms. The van der Waals surface area contributed by atoms with Gasteiger partial charge >= 0.3 is 0 Å². The summed E-state index contributed by atoms with van der Waals surface area (Å²) in [5.41, 5.74) is 5.29. The van der Waals surface area contributed by atoms with Gasteiger partial charge in [-0.1, -0.05) is 57.0 Å². The molecule has 0 amide bonds. The molecular formula is C31H37N2O+.